The second-order valence-corrected chi connectivity index (χ2v) is 9.49. The van der Waals surface area contributed by atoms with E-state index in [1.807, 2.05) is 55.4 Å². The average molecular weight is 456 g/mol. The Balaban J connectivity index is -0.000000403. The SMILES string of the molecule is CC.CC.CC.CC.CC1CCC2(CCCCN2)C1.CCCCC1(CC)CCC(CC)C1. The van der Waals surface area contributed by atoms with Crippen molar-refractivity contribution < 1.29 is 0 Å². The molecule has 1 N–H and O–H groups in total. The van der Waals surface area contributed by atoms with Gasteiger partial charge in [0.2, 0.25) is 0 Å². The van der Waals surface area contributed by atoms with Crippen molar-refractivity contribution in [1.29, 1.82) is 0 Å². The van der Waals surface area contributed by atoms with Gasteiger partial charge in [-0.3, -0.25) is 0 Å². The van der Waals surface area contributed by atoms with Crippen LogP contribution in [-0.4, -0.2) is 12.1 Å². The summed E-state index contributed by atoms with van der Waals surface area (Å²) >= 11 is 0. The van der Waals surface area contributed by atoms with Crippen molar-refractivity contribution in [1.82, 2.24) is 5.32 Å². The van der Waals surface area contributed by atoms with Crippen molar-refractivity contribution in [2.75, 3.05) is 6.54 Å². The molecule has 3 aliphatic rings. The zero-order valence-electron chi connectivity index (χ0n) is 25.3. The summed E-state index contributed by atoms with van der Waals surface area (Å²) in [6.45, 7) is 26.7. The normalized spacial score (nSPS) is 30.0. The lowest BCUT2D eigenvalue weighted by Gasteiger charge is -2.35. The Kier molecular flexibility index (Phi) is 27.5. The second kappa shape index (κ2) is 24.1. The summed E-state index contributed by atoms with van der Waals surface area (Å²) in [5, 5.41) is 3.72. The van der Waals surface area contributed by atoms with Gasteiger partial charge in [0.15, 0.2) is 0 Å². The van der Waals surface area contributed by atoms with Gasteiger partial charge in [0, 0.05) is 5.54 Å². The lowest BCUT2D eigenvalue weighted by Crippen LogP contribution is -2.46. The third kappa shape index (κ3) is 14.3. The van der Waals surface area contributed by atoms with Crippen molar-refractivity contribution in [3.63, 3.8) is 0 Å². The molecule has 3 rings (SSSR count). The fraction of sp³-hybridized carbons (Fsp3) is 1.00. The van der Waals surface area contributed by atoms with Gasteiger partial charge in [-0.05, 0) is 81.6 Å². The lowest BCUT2D eigenvalue weighted by atomic mass is 9.78. The van der Waals surface area contributed by atoms with Crippen molar-refractivity contribution in [2.45, 2.75) is 179 Å². The van der Waals surface area contributed by atoms with Crippen molar-refractivity contribution >= 4 is 0 Å². The molecule has 1 heterocycles. The monoisotopic (exact) mass is 456 g/mol. The number of piperidine rings is 1. The molecule has 32 heavy (non-hydrogen) atoms. The first-order valence-electron chi connectivity index (χ1n) is 15.3. The molecule has 0 bridgehead atoms. The van der Waals surface area contributed by atoms with Crippen LogP contribution in [0.4, 0.5) is 0 Å². The molecule has 3 fully saturated rings. The van der Waals surface area contributed by atoms with E-state index in [0.29, 0.717) is 5.54 Å². The maximum atomic E-state index is 3.72. The van der Waals surface area contributed by atoms with Crippen LogP contribution in [0.5, 0.6) is 0 Å². The van der Waals surface area contributed by atoms with Gasteiger partial charge in [-0.15, -0.1) is 0 Å². The highest BCUT2D eigenvalue weighted by Crippen LogP contribution is 2.48. The minimum Gasteiger partial charge on any atom is -0.311 e. The molecule has 0 aromatic carbocycles. The lowest BCUT2D eigenvalue weighted by molar-refractivity contribution is 0.240. The van der Waals surface area contributed by atoms with E-state index in [4.69, 9.17) is 0 Å². The van der Waals surface area contributed by atoms with Crippen LogP contribution in [0.1, 0.15) is 173 Å². The van der Waals surface area contributed by atoms with Crippen LogP contribution in [0.3, 0.4) is 0 Å². The molecule has 1 heteroatoms. The Morgan fingerprint density at radius 1 is 0.750 bits per heavy atom. The first-order chi connectivity index (χ1) is 15.6. The largest absolute Gasteiger partial charge is 0.311 e. The summed E-state index contributed by atoms with van der Waals surface area (Å²) in [6, 6.07) is 0. The fourth-order valence-corrected chi connectivity index (χ4v) is 5.76. The minimum atomic E-state index is 0.595. The van der Waals surface area contributed by atoms with Gasteiger partial charge in [0.1, 0.15) is 0 Å². The van der Waals surface area contributed by atoms with E-state index < -0.39 is 0 Å². The number of hydrogen-bond acceptors (Lipinski definition) is 1. The van der Waals surface area contributed by atoms with E-state index in [9.17, 15) is 0 Å². The molecular weight excluding hydrogens is 386 g/mol. The van der Waals surface area contributed by atoms with Crippen LogP contribution in [0.15, 0.2) is 0 Å². The standard InChI is InChI=1S/C13H26.C10H19N.4C2H6/c1-4-7-9-13(6-3)10-8-12(5-2)11-13;1-9-4-6-10(8-9)5-2-3-7-11-10;4*1-2/h12H,4-11H2,1-3H3;9,11H,2-8H2,1H3;4*1-2H3. The molecule has 1 nitrogen and oxygen atoms in total. The smallest absolute Gasteiger partial charge is 0.0184 e. The number of unbranched alkanes of at least 4 members (excludes halogenated alkanes) is 1. The van der Waals surface area contributed by atoms with E-state index in [2.05, 4.69) is 33.0 Å². The van der Waals surface area contributed by atoms with Gasteiger partial charge in [0.25, 0.3) is 0 Å². The predicted octanol–water partition coefficient (Wildman–Crippen LogP) is 11.2. The maximum absolute atomic E-state index is 3.72. The second-order valence-electron chi connectivity index (χ2n) is 9.49. The van der Waals surface area contributed by atoms with Crippen molar-refractivity contribution in [3.05, 3.63) is 0 Å². The van der Waals surface area contributed by atoms with Crippen LogP contribution in [-0.2, 0) is 0 Å². The first kappa shape index (κ1) is 36.5. The number of hydrogen-bond donors (Lipinski definition) is 1. The maximum Gasteiger partial charge on any atom is 0.0184 e. The summed E-state index contributed by atoms with van der Waals surface area (Å²) in [5.74, 6) is 2.03. The van der Waals surface area contributed by atoms with Crippen LogP contribution >= 0.6 is 0 Å². The molecule has 4 atom stereocenters. The number of rotatable bonds is 5. The summed E-state index contributed by atoms with van der Waals surface area (Å²) < 4.78 is 0. The van der Waals surface area contributed by atoms with E-state index in [1.165, 1.54) is 96.4 Å². The highest BCUT2D eigenvalue weighted by molar-refractivity contribution is 4.96. The third-order valence-corrected chi connectivity index (χ3v) is 7.63. The highest BCUT2D eigenvalue weighted by atomic mass is 15.0. The fourth-order valence-electron chi connectivity index (χ4n) is 5.76. The Morgan fingerprint density at radius 3 is 1.75 bits per heavy atom. The molecule has 4 unspecified atom stereocenters. The van der Waals surface area contributed by atoms with E-state index in [1.54, 1.807) is 0 Å². The Bertz CT molecular complexity index is 339. The third-order valence-electron chi connectivity index (χ3n) is 7.63. The molecule has 1 saturated heterocycles. The van der Waals surface area contributed by atoms with Crippen LogP contribution in [0.2, 0.25) is 0 Å². The summed E-state index contributed by atoms with van der Waals surface area (Å²) in [6.07, 6.45) is 20.3. The Labute approximate surface area is 207 Å². The van der Waals surface area contributed by atoms with Crippen LogP contribution < -0.4 is 5.32 Å². The molecule has 198 valence electrons. The topological polar surface area (TPSA) is 12.0 Å². The molecule has 0 radical (unpaired) electrons. The van der Waals surface area contributed by atoms with Gasteiger partial charge in [-0.1, -0.05) is 115 Å². The molecule has 0 aromatic rings. The zero-order valence-corrected chi connectivity index (χ0v) is 25.3. The van der Waals surface area contributed by atoms with Gasteiger partial charge >= 0.3 is 0 Å². The molecule has 0 aromatic heterocycles. The van der Waals surface area contributed by atoms with Gasteiger partial charge < -0.3 is 5.32 Å². The Morgan fingerprint density at radius 2 is 1.38 bits per heavy atom. The van der Waals surface area contributed by atoms with Gasteiger partial charge in [-0.25, -0.2) is 0 Å². The summed E-state index contributed by atoms with van der Waals surface area (Å²) in [4.78, 5) is 0. The zero-order chi connectivity index (χ0) is 25.5. The minimum absolute atomic E-state index is 0.595. The van der Waals surface area contributed by atoms with Crippen molar-refractivity contribution in [3.8, 4) is 0 Å². The molecule has 1 spiro atoms. The van der Waals surface area contributed by atoms with Gasteiger partial charge in [0.05, 0.1) is 0 Å². The van der Waals surface area contributed by atoms with Crippen LogP contribution in [0, 0.1) is 17.3 Å². The molecule has 2 aliphatic carbocycles. The van der Waals surface area contributed by atoms with E-state index in [0.717, 1.165) is 17.3 Å². The van der Waals surface area contributed by atoms with Crippen LogP contribution in [0.25, 0.3) is 0 Å². The van der Waals surface area contributed by atoms with Gasteiger partial charge in [-0.2, -0.15) is 0 Å². The first-order valence-corrected chi connectivity index (χ1v) is 15.3. The molecular formula is C31H69N. The quantitative estimate of drug-likeness (QED) is 0.434. The number of nitrogens with one attached hydrogen (secondary N) is 1. The predicted molar refractivity (Wildman–Crippen MR) is 153 cm³/mol. The average Bonchev–Trinajstić information content (AvgIpc) is 3.47. The van der Waals surface area contributed by atoms with E-state index >= 15 is 0 Å². The van der Waals surface area contributed by atoms with E-state index in [-0.39, 0.29) is 0 Å². The van der Waals surface area contributed by atoms with Crippen molar-refractivity contribution in [2.24, 2.45) is 17.3 Å². The molecule has 0 amide bonds. The summed E-state index contributed by atoms with van der Waals surface area (Å²) in [7, 11) is 0. The summed E-state index contributed by atoms with van der Waals surface area (Å²) in [5.41, 5.74) is 1.36. The Hall–Kier alpha value is -0.0400. The molecule has 1 aliphatic heterocycles. The molecule has 2 saturated carbocycles. The highest BCUT2D eigenvalue weighted by Gasteiger charge is 2.37.